The van der Waals surface area contributed by atoms with E-state index < -0.39 is 5.97 Å². The fourth-order valence-corrected chi connectivity index (χ4v) is 3.54. The molecular formula is C18H22NO3-. The van der Waals surface area contributed by atoms with Crippen LogP contribution in [0.15, 0.2) is 22.3 Å². The topological polar surface area (TPSA) is 73.0 Å². The lowest BCUT2D eigenvalue weighted by molar-refractivity contribution is -0.299. The summed E-state index contributed by atoms with van der Waals surface area (Å²) < 4.78 is 0. The molecule has 0 amide bonds. The van der Waals surface area contributed by atoms with E-state index in [9.17, 15) is 14.7 Å². The van der Waals surface area contributed by atoms with E-state index in [2.05, 4.69) is 4.98 Å². The van der Waals surface area contributed by atoms with Gasteiger partial charge >= 0.3 is 0 Å². The second kappa shape index (κ2) is 5.95. The van der Waals surface area contributed by atoms with E-state index in [-0.39, 0.29) is 5.78 Å². The van der Waals surface area contributed by atoms with E-state index >= 15 is 0 Å². The number of hydrogen-bond acceptors (Lipinski definition) is 3. The molecular weight excluding hydrogens is 278 g/mol. The lowest BCUT2D eigenvalue weighted by atomic mass is 9.98. The van der Waals surface area contributed by atoms with Crippen molar-refractivity contribution < 1.29 is 14.7 Å². The normalized spacial score (nSPS) is 15.0. The maximum absolute atomic E-state index is 11.7. The van der Waals surface area contributed by atoms with Gasteiger partial charge in [-0.1, -0.05) is 12.5 Å². The van der Waals surface area contributed by atoms with Crippen molar-refractivity contribution in [1.29, 1.82) is 0 Å². The highest BCUT2D eigenvalue weighted by atomic mass is 16.4. The minimum Gasteiger partial charge on any atom is -0.545 e. The average Bonchev–Trinajstić information content (AvgIpc) is 2.87. The van der Waals surface area contributed by atoms with E-state index in [4.69, 9.17) is 0 Å². The Morgan fingerprint density at radius 3 is 2.32 bits per heavy atom. The van der Waals surface area contributed by atoms with E-state index in [1.54, 1.807) is 6.92 Å². The summed E-state index contributed by atoms with van der Waals surface area (Å²) in [6.07, 6.45) is 1.89. The van der Waals surface area contributed by atoms with Gasteiger partial charge in [-0.3, -0.25) is 4.79 Å². The van der Waals surface area contributed by atoms with Gasteiger partial charge in [-0.15, -0.1) is 0 Å². The third-order valence-corrected chi connectivity index (χ3v) is 4.61. The predicted octanol–water partition coefficient (Wildman–Crippen LogP) is 2.55. The van der Waals surface area contributed by atoms with Crippen LogP contribution in [0.25, 0.3) is 0 Å². The number of carboxylic acid groups (broad SMARTS) is 1. The largest absolute Gasteiger partial charge is 0.545 e. The maximum Gasteiger partial charge on any atom is 0.161 e. The molecule has 0 radical (unpaired) electrons. The van der Waals surface area contributed by atoms with E-state index in [0.29, 0.717) is 18.4 Å². The molecule has 1 aromatic rings. The minimum atomic E-state index is -1.08. The summed E-state index contributed by atoms with van der Waals surface area (Å²) >= 11 is 0. The van der Waals surface area contributed by atoms with Gasteiger partial charge in [-0.2, -0.15) is 0 Å². The Bertz CT molecular complexity index is 717. The molecule has 22 heavy (non-hydrogen) atoms. The van der Waals surface area contributed by atoms with Crippen molar-refractivity contribution in [3.05, 3.63) is 44.8 Å². The van der Waals surface area contributed by atoms with Gasteiger partial charge < -0.3 is 14.9 Å². The highest BCUT2D eigenvalue weighted by Crippen LogP contribution is 2.36. The van der Waals surface area contributed by atoms with Gasteiger partial charge in [0.05, 0.1) is 5.97 Å². The van der Waals surface area contributed by atoms with Gasteiger partial charge in [0.1, 0.15) is 0 Å². The summed E-state index contributed by atoms with van der Waals surface area (Å²) in [4.78, 5) is 26.3. The molecule has 0 bridgehead atoms. The standard InChI is InChI=1S/C18H23NO3/c1-6-14-9(2)15(18(21)22)7-13(14)8-16-10(3)17(12(5)20)11(4)19-16/h19H,6-8H2,1-5H3,(H,21,22)/p-1. The summed E-state index contributed by atoms with van der Waals surface area (Å²) in [5.41, 5.74) is 7.03. The van der Waals surface area contributed by atoms with Gasteiger partial charge in [-0.25, -0.2) is 0 Å². The summed E-state index contributed by atoms with van der Waals surface area (Å²) in [6.45, 7) is 9.29. The van der Waals surface area contributed by atoms with Crippen molar-refractivity contribution in [3.63, 3.8) is 0 Å². The Kier molecular flexibility index (Phi) is 4.40. The molecule has 1 aromatic heterocycles. The fourth-order valence-electron chi connectivity index (χ4n) is 3.54. The second-order valence-corrected chi connectivity index (χ2v) is 5.96. The van der Waals surface area contributed by atoms with Crippen LogP contribution in [0.2, 0.25) is 0 Å². The third-order valence-electron chi connectivity index (χ3n) is 4.61. The number of Topliss-reactive ketones (excluding diaryl/α,β-unsaturated/α-hetero) is 1. The van der Waals surface area contributed by atoms with Crippen LogP contribution in [-0.2, 0) is 11.2 Å². The van der Waals surface area contributed by atoms with Crippen LogP contribution in [0.4, 0.5) is 0 Å². The van der Waals surface area contributed by atoms with Crippen molar-refractivity contribution in [3.8, 4) is 0 Å². The highest BCUT2D eigenvalue weighted by Gasteiger charge is 2.23. The van der Waals surface area contributed by atoms with Crippen molar-refractivity contribution in [2.24, 2.45) is 0 Å². The molecule has 0 saturated heterocycles. The number of carbonyl (C=O) groups is 2. The molecule has 118 valence electrons. The van der Waals surface area contributed by atoms with E-state index in [1.165, 1.54) is 0 Å². The van der Waals surface area contributed by atoms with Gasteiger partial charge in [0.2, 0.25) is 0 Å². The molecule has 0 fully saturated rings. The Morgan fingerprint density at radius 2 is 1.86 bits per heavy atom. The van der Waals surface area contributed by atoms with Crippen LogP contribution in [0.1, 0.15) is 60.9 Å². The molecule has 1 N–H and O–H groups in total. The molecule has 0 aromatic carbocycles. The molecule has 0 spiro atoms. The molecule has 1 heterocycles. The summed E-state index contributed by atoms with van der Waals surface area (Å²) in [5, 5.41) is 11.2. The zero-order valence-corrected chi connectivity index (χ0v) is 13.8. The summed E-state index contributed by atoms with van der Waals surface area (Å²) in [6, 6.07) is 0. The van der Waals surface area contributed by atoms with Crippen LogP contribution < -0.4 is 5.11 Å². The summed E-state index contributed by atoms with van der Waals surface area (Å²) in [7, 11) is 0. The number of allylic oxidation sites excluding steroid dienone is 3. The first-order chi connectivity index (χ1) is 10.3. The van der Waals surface area contributed by atoms with Crippen molar-refractivity contribution in [2.75, 3.05) is 0 Å². The van der Waals surface area contributed by atoms with Crippen LogP contribution in [0, 0.1) is 13.8 Å². The van der Waals surface area contributed by atoms with Gasteiger partial charge in [0.25, 0.3) is 0 Å². The van der Waals surface area contributed by atoms with E-state index in [0.717, 1.165) is 45.7 Å². The number of aryl methyl sites for hydroxylation is 1. The van der Waals surface area contributed by atoms with Crippen molar-refractivity contribution >= 4 is 11.8 Å². The van der Waals surface area contributed by atoms with Crippen molar-refractivity contribution in [2.45, 2.75) is 53.9 Å². The van der Waals surface area contributed by atoms with Gasteiger partial charge in [0, 0.05) is 23.4 Å². The predicted molar refractivity (Wildman–Crippen MR) is 83.6 cm³/mol. The van der Waals surface area contributed by atoms with Crippen LogP contribution in [-0.4, -0.2) is 16.7 Å². The molecule has 1 aliphatic rings. The quantitative estimate of drug-likeness (QED) is 0.849. The maximum atomic E-state index is 11.7. The molecule has 0 saturated carbocycles. The second-order valence-electron chi connectivity index (χ2n) is 5.96. The van der Waals surface area contributed by atoms with Crippen LogP contribution >= 0.6 is 0 Å². The number of carboxylic acids is 1. The fraction of sp³-hybridized carbons (Fsp3) is 0.444. The smallest absolute Gasteiger partial charge is 0.161 e. The number of hydrogen-bond donors (Lipinski definition) is 1. The van der Waals surface area contributed by atoms with E-state index in [1.807, 2.05) is 27.7 Å². The SMILES string of the molecule is CCC1=C(Cc2[nH]c(C)c(C(C)=O)c2C)CC(C(=O)[O-])=C1C. The number of carbonyl (C=O) groups excluding carboxylic acids is 2. The number of aromatic nitrogens is 1. The highest BCUT2D eigenvalue weighted by molar-refractivity contribution is 5.97. The zero-order valence-electron chi connectivity index (χ0n) is 13.8. The first kappa shape index (κ1) is 16.3. The number of rotatable bonds is 5. The lowest BCUT2D eigenvalue weighted by Gasteiger charge is -2.08. The lowest BCUT2D eigenvalue weighted by Crippen LogP contribution is -2.24. The molecule has 1 aliphatic carbocycles. The molecule has 0 atom stereocenters. The zero-order chi connectivity index (χ0) is 16.6. The Morgan fingerprint density at radius 1 is 1.23 bits per heavy atom. The van der Waals surface area contributed by atoms with Gasteiger partial charge in [0.15, 0.2) is 5.78 Å². The number of nitrogens with one attached hydrogen (secondary N) is 1. The number of aromatic amines is 1. The Hall–Kier alpha value is -2.10. The number of aliphatic carboxylic acids is 1. The minimum absolute atomic E-state index is 0.0540. The first-order valence-electron chi connectivity index (χ1n) is 7.59. The Labute approximate surface area is 130 Å². The molecule has 0 aliphatic heterocycles. The molecule has 4 heteroatoms. The number of H-pyrrole nitrogens is 1. The number of ketones is 1. The van der Waals surface area contributed by atoms with Crippen molar-refractivity contribution in [1.82, 2.24) is 4.98 Å². The summed E-state index contributed by atoms with van der Waals surface area (Å²) in [5.74, 6) is -1.03. The molecule has 0 unspecified atom stereocenters. The van der Waals surface area contributed by atoms with Gasteiger partial charge in [-0.05, 0) is 62.8 Å². The monoisotopic (exact) mass is 300 g/mol. The average molecular weight is 300 g/mol. The van der Waals surface area contributed by atoms with Crippen LogP contribution in [0.5, 0.6) is 0 Å². The molecule has 4 nitrogen and oxygen atoms in total. The first-order valence-corrected chi connectivity index (χ1v) is 7.59. The van der Waals surface area contributed by atoms with Crippen LogP contribution in [0.3, 0.4) is 0 Å². The third kappa shape index (κ3) is 2.65. The molecule has 2 rings (SSSR count). The Balaban J connectivity index is 2.37.